The number of carbonyl (C=O) groups excluding carboxylic acids is 3. The summed E-state index contributed by atoms with van der Waals surface area (Å²) in [4.78, 5) is 40.9. The van der Waals surface area contributed by atoms with Crippen LogP contribution >= 0.6 is 27.5 Å². The Bertz CT molecular complexity index is 1880. The molecule has 1 aromatic heterocycles. The standard InChI is InChI=1S/C34H23BrClN3O3/c1-21-28(36)13-8-14-29(21)39-33(41)27(32(40)37-34(39)42)19-24-20-30(22-9-4-2-5-10-22)38(26-17-15-25(35)16-18-26)31(24)23-11-6-3-7-12-23/h2-20H,1H3,(H,37,40,42)/b27-19-. The van der Waals surface area contributed by atoms with E-state index in [2.05, 4.69) is 25.8 Å². The van der Waals surface area contributed by atoms with E-state index in [9.17, 15) is 14.4 Å². The third kappa shape index (κ3) is 4.98. The van der Waals surface area contributed by atoms with Gasteiger partial charge in [-0.2, -0.15) is 0 Å². The van der Waals surface area contributed by atoms with Crippen LogP contribution in [0, 0.1) is 6.92 Å². The Morgan fingerprint density at radius 3 is 2.10 bits per heavy atom. The van der Waals surface area contributed by atoms with Gasteiger partial charge < -0.3 is 4.57 Å². The molecule has 206 valence electrons. The van der Waals surface area contributed by atoms with Crippen LogP contribution in [0.1, 0.15) is 11.1 Å². The molecule has 0 unspecified atom stereocenters. The highest BCUT2D eigenvalue weighted by atomic mass is 79.9. The highest BCUT2D eigenvalue weighted by Crippen LogP contribution is 2.38. The van der Waals surface area contributed by atoms with Crippen molar-refractivity contribution in [2.75, 3.05) is 4.90 Å². The van der Waals surface area contributed by atoms with E-state index < -0.39 is 17.8 Å². The molecule has 1 N–H and O–H groups in total. The number of aromatic nitrogens is 1. The lowest BCUT2D eigenvalue weighted by Gasteiger charge is -2.27. The van der Waals surface area contributed by atoms with Crippen molar-refractivity contribution in [1.29, 1.82) is 0 Å². The van der Waals surface area contributed by atoms with Crippen molar-refractivity contribution in [1.82, 2.24) is 9.88 Å². The molecule has 1 aliphatic heterocycles. The minimum absolute atomic E-state index is 0.168. The zero-order valence-electron chi connectivity index (χ0n) is 22.3. The molecule has 0 atom stereocenters. The minimum atomic E-state index is -0.826. The first-order valence-electron chi connectivity index (χ1n) is 13.1. The molecule has 0 aliphatic carbocycles. The summed E-state index contributed by atoms with van der Waals surface area (Å²) in [6.07, 6.45) is 1.56. The van der Waals surface area contributed by atoms with Crippen LogP contribution < -0.4 is 10.2 Å². The zero-order valence-corrected chi connectivity index (χ0v) is 24.7. The number of carbonyl (C=O) groups is 3. The van der Waals surface area contributed by atoms with Crippen molar-refractivity contribution in [3.63, 3.8) is 0 Å². The lowest BCUT2D eigenvalue weighted by atomic mass is 10.0. The smallest absolute Gasteiger partial charge is 0.309 e. The van der Waals surface area contributed by atoms with Crippen molar-refractivity contribution in [2.45, 2.75) is 6.92 Å². The van der Waals surface area contributed by atoms with E-state index in [1.807, 2.05) is 91.0 Å². The third-order valence-corrected chi connectivity index (χ3v) is 8.05. The molecule has 0 radical (unpaired) electrons. The fourth-order valence-corrected chi connectivity index (χ4v) is 5.52. The van der Waals surface area contributed by atoms with Gasteiger partial charge in [-0.3, -0.25) is 14.9 Å². The van der Waals surface area contributed by atoms with E-state index >= 15 is 0 Å². The van der Waals surface area contributed by atoms with Crippen molar-refractivity contribution in [3.05, 3.63) is 135 Å². The number of hydrogen-bond donors (Lipinski definition) is 1. The normalized spacial score (nSPS) is 14.4. The SMILES string of the molecule is Cc1c(Cl)cccc1N1C(=O)NC(=O)/C(=C/c2cc(-c3ccccc3)n(-c3ccc(Br)cc3)c2-c2ccccc2)C1=O. The van der Waals surface area contributed by atoms with Gasteiger partial charge in [0.05, 0.1) is 17.1 Å². The van der Waals surface area contributed by atoms with Crippen LogP contribution in [0.3, 0.4) is 0 Å². The first-order chi connectivity index (χ1) is 20.3. The summed E-state index contributed by atoms with van der Waals surface area (Å²) in [7, 11) is 0. The van der Waals surface area contributed by atoms with Gasteiger partial charge in [0.1, 0.15) is 5.57 Å². The summed E-state index contributed by atoms with van der Waals surface area (Å²) in [5.74, 6) is -1.50. The Labute approximate surface area is 256 Å². The number of benzene rings is 4. The van der Waals surface area contributed by atoms with Crippen LogP contribution in [0.4, 0.5) is 10.5 Å². The average Bonchev–Trinajstić information content (AvgIpc) is 3.38. The monoisotopic (exact) mass is 635 g/mol. The number of rotatable bonds is 5. The summed E-state index contributed by atoms with van der Waals surface area (Å²) in [5, 5.41) is 2.73. The summed E-state index contributed by atoms with van der Waals surface area (Å²) in [6, 6.07) is 33.7. The summed E-state index contributed by atoms with van der Waals surface area (Å²) in [5.41, 5.74) is 5.71. The predicted octanol–water partition coefficient (Wildman–Crippen LogP) is 8.20. The van der Waals surface area contributed by atoms with Crippen molar-refractivity contribution in [3.8, 4) is 28.2 Å². The molecule has 1 fully saturated rings. The molecule has 0 bridgehead atoms. The molecule has 1 aliphatic rings. The number of halogens is 2. The van der Waals surface area contributed by atoms with E-state index in [1.165, 1.54) is 0 Å². The van der Waals surface area contributed by atoms with Gasteiger partial charge in [0.15, 0.2) is 0 Å². The molecule has 6 nitrogen and oxygen atoms in total. The first-order valence-corrected chi connectivity index (χ1v) is 14.3. The van der Waals surface area contributed by atoms with Gasteiger partial charge in [0.25, 0.3) is 11.8 Å². The Morgan fingerprint density at radius 2 is 1.43 bits per heavy atom. The van der Waals surface area contributed by atoms with E-state index in [-0.39, 0.29) is 5.57 Å². The van der Waals surface area contributed by atoms with Crippen molar-refractivity contribution >= 4 is 57.1 Å². The second kappa shape index (κ2) is 11.3. The molecule has 0 spiro atoms. The number of amides is 4. The molecule has 5 aromatic rings. The Balaban J connectivity index is 1.60. The Kier molecular flexibility index (Phi) is 7.37. The molecule has 6 rings (SSSR count). The summed E-state index contributed by atoms with van der Waals surface area (Å²) in [6.45, 7) is 1.72. The predicted molar refractivity (Wildman–Crippen MR) is 170 cm³/mol. The number of urea groups is 1. The van der Waals surface area contributed by atoms with Gasteiger partial charge in [-0.05, 0) is 72.2 Å². The molecule has 4 amide bonds. The number of anilines is 1. The largest absolute Gasteiger partial charge is 0.335 e. The van der Waals surface area contributed by atoms with Gasteiger partial charge in [-0.15, -0.1) is 0 Å². The average molecular weight is 637 g/mol. The van der Waals surface area contributed by atoms with Crippen LogP contribution in [-0.2, 0) is 9.59 Å². The van der Waals surface area contributed by atoms with Crippen LogP contribution in [0.2, 0.25) is 5.02 Å². The summed E-state index contributed by atoms with van der Waals surface area (Å²) >= 11 is 9.83. The first kappa shape index (κ1) is 27.4. The minimum Gasteiger partial charge on any atom is -0.309 e. The molecular formula is C34H23BrClN3O3. The number of barbiturate groups is 1. The second-order valence-corrected chi connectivity index (χ2v) is 11.0. The molecule has 1 saturated heterocycles. The highest BCUT2D eigenvalue weighted by molar-refractivity contribution is 9.10. The van der Waals surface area contributed by atoms with Gasteiger partial charge in [-0.1, -0.05) is 94.3 Å². The number of imide groups is 2. The van der Waals surface area contributed by atoms with Crippen molar-refractivity contribution < 1.29 is 14.4 Å². The van der Waals surface area contributed by atoms with Gasteiger partial charge in [0.2, 0.25) is 0 Å². The fraction of sp³-hybridized carbons (Fsp3) is 0.0294. The zero-order chi connectivity index (χ0) is 29.4. The molecule has 0 saturated carbocycles. The fourth-order valence-electron chi connectivity index (χ4n) is 5.08. The Hall–Kier alpha value is -4.72. The topological polar surface area (TPSA) is 71.4 Å². The quantitative estimate of drug-likeness (QED) is 0.156. The van der Waals surface area contributed by atoms with E-state index in [4.69, 9.17) is 11.6 Å². The highest BCUT2D eigenvalue weighted by Gasteiger charge is 2.38. The number of nitrogens with one attached hydrogen (secondary N) is 1. The molecule has 42 heavy (non-hydrogen) atoms. The Morgan fingerprint density at radius 1 is 0.786 bits per heavy atom. The van der Waals surface area contributed by atoms with Crippen molar-refractivity contribution in [2.24, 2.45) is 0 Å². The van der Waals surface area contributed by atoms with E-state index in [0.717, 1.165) is 37.6 Å². The van der Waals surface area contributed by atoms with Gasteiger partial charge >= 0.3 is 6.03 Å². The number of nitrogens with zero attached hydrogens (tertiary/aromatic N) is 2. The maximum absolute atomic E-state index is 13.9. The van der Waals surface area contributed by atoms with Crippen LogP contribution in [0.25, 0.3) is 34.3 Å². The van der Waals surface area contributed by atoms with E-state index in [1.54, 1.807) is 31.2 Å². The number of hydrogen-bond acceptors (Lipinski definition) is 3. The molecular weight excluding hydrogens is 614 g/mol. The maximum Gasteiger partial charge on any atom is 0.335 e. The third-order valence-electron chi connectivity index (χ3n) is 7.11. The van der Waals surface area contributed by atoms with Crippen LogP contribution in [0.15, 0.2) is 119 Å². The lowest BCUT2D eigenvalue weighted by molar-refractivity contribution is -0.122. The second-order valence-electron chi connectivity index (χ2n) is 9.72. The molecule has 4 aromatic carbocycles. The molecule has 8 heteroatoms. The van der Waals surface area contributed by atoms with Gasteiger partial charge in [0, 0.05) is 20.7 Å². The van der Waals surface area contributed by atoms with Crippen LogP contribution in [0.5, 0.6) is 0 Å². The summed E-state index contributed by atoms with van der Waals surface area (Å²) < 4.78 is 3.05. The van der Waals surface area contributed by atoms with E-state index in [0.29, 0.717) is 21.8 Å². The van der Waals surface area contributed by atoms with Gasteiger partial charge in [-0.25, -0.2) is 9.69 Å². The maximum atomic E-state index is 13.9. The van der Waals surface area contributed by atoms with Crippen LogP contribution in [-0.4, -0.2) is 22.4 Å². The molecule has 2 heterocycles. The lowest BCUT2D eigenvalue weighted by Crippen LogP contribution is -2.54.